The molecule has 0 saturated heterocycles. The Morgan fingerprint density at radius 3 is 2.68 bits per heavy atom. The number of aryl methyl sites for hydroxylation is 1. The number of hydrogen-bond acceptors (Lipinski definition) is 3. The summed E-state index contributed by atoms with van der Waals surface area (Å²) in [7, 11) is 0. The van der Waals surface area contributed by atoms with Gasteiger partial charge in [-0.25, -0.2) is 0 Å². The van der Waals surface area contributed by atoms with Crippen LogP contribution in [0.4, 0.5) is 5.69 Å². The van der Waals surface area contributed by atoms with Crippen LogP contribution < -0.4 is 10.6 Å². The van der Waals surface area contributed by atoms with Crippen LogP contribution in [0.5, 0.6) is 0 Å². The lowest BCUT2D eigenvalue weighted by molar-refractivity contribution is -0.119. The molecule has 25 heavy (non-hydrogen) atoms. The number of fused-ring (bicyclic) bond motifs is 1. The second-order valence-corrected chi connectivity index (χ2v) is 6.76. The van der Waals surface area contributed by atoms with Crippen LogP contribution in [0, 0.1) is 0 Å². The molecule has 2 amide bonds. The lowest BCUT2D eigenvalue weighted by Gasteiger charge is -2.22. The third-order valence-electron chi connectivity index (χ3n) is 4.32. The Hall–Kier alpha value is -2.60. The van der Waals surface area contributed by atoms with Crippen LogP contribution in [0.15, 0.2) is 41.8 Å². The average molecular weight is 355 g/mol. The molecule has 3 rings (SSSR count). The zero-order valence-electron chi connectivity index (χ0n) is 14.4. The van der Waals surface area contributed by atoms with Crippen LogP contribution in [0.2, 0.25) is 0 Å². The number of rotatable bonds is 6. The van der Waals surface area contributed by atoms with E-state index in [0.29, 0.717) is 12.2 Å². The second kappa shape index (κ2) is 7.11. The number of carbonyl (C=O) groups excluding carboxylic acids is 2. The third-order valence-corrected chi connectivity index (χ3v) is 5.17. The molecule has 0 radical (unpaired) electrons. The van der Waals surface area contributed by atoms with Gasteiger partial charge in [0.1, 0.15) is 12.2 Å². The largest absolute Gasteiger partial charge is 0.364 e. The lowest BCUT2D eigenvalue weighted by atomic mass is 10.1. The van der Waals surface area contributed by atoms with Crippen molar-refractivity contribution in [2.45, 2.75) is 26.8 Å². The van der Waals surface area contributed by atoms with Crippen molar-refractivity contribution in [3.8, 4) is 0 Å². The molecule has 3 aromatic rings. The highest BCUT2D eigenvalue weighted by atomic mass is 32.1. The van der Waals surface area contributed by atoms with Crippen LogP contribution in [0.25, 0.3) is 10.2 Å². The maximum absolute atomic E-state index is 12.9. The first-order valence-corrected chi connectivity index (χ1v) is 9.19. The number of nitrogens with zero attached hydrogens (tertiary/aromatic N) is 2. The number of aromatic nitrogens is 1. The average Bonchev–Trinajstić information content (AvgIpc) is 3.18. The van der Waals surface area contributed by atoms with Crippen molar-refractivity contribution in [1.82, 2.24) is 4.57 Å². The first-order chi connectivity index (χ1) is 12.0. The molecule has 0 unspecified atom stereocenters. The van der Waals surface area contributed by atoms with Crippen LogP contribution in [-0.4, -0.2) is 22.9 Å². The van der Waals surface area contributed by atoms with Gasteiger partial charge in [-0.05, 0) is 48.6 Å². The molecule has 0 aliphatic rings. The number of nitrogens with two attached hydrogens (primary N) is 1. The topological polar surface area (TPSA) is 68.3 Å². The minimum absolute atomic E-state index is 0.0676. The quantitative estimate of drug-likeness (QED) is 0.736. The summed E-state index contributed by atoms with van der Waals surface area (Å²) in [6.45, 7) is 4.68. The van der Waals surface area contributed by atoms with Gasteiger partial charge in [0.25, 0.3) is 5.91 Å². The number of amides is 2. The van der Waals surface area contributed by atoms with Gasteiger partial charge in [-0.2, -0.15) is 0 Å². The number of hydrogen-bond donors (Lipinski definition) is 1. The molecule has 0 aliphatic heterocycles. The fourth-order valence-corrected chi connectivity index (χ4v) is 3.84. The molecule has 130 valence electrons. The van der Waals surface area contributed by atoms with Gasteiger partial charge in [0.05, 0.1) is 10.2 Å². The van der Waals surface area contributed by atoms with Gasteiger partial charge in [0.15, 0.2) is 0 Å². The van der Waals surface area contributed by atoms with Crippen molar-refractivity contribution in [3.63, 3.8) is 0 Å². The summed E-state index contributed by atoms with van der Waals surface area (Å²) in [5.74, 6) is -0.589. The Bertz CT molecular complexity index is 926. The first kappa shape index (κ1) is 17.2. The Morgan fingerprint density at radius 2 is 2.00 bits per heavy atom. The van der Waals surface area contributed by atoms with E-state index in [2.05, 4.69) is 6.92 Å². The smallest absolute Gasteiger partial charge is 0.265 e. The predicted octanol–water partition coefficient (Wildman–Crippen LogP) is 3.42. The Kier molecular flexibility index (Phi) is 4.90. The number of benzene rings is 1. The van der Waals surface area contributed by atoms with Crippen molar-refractivity contribution in [2.24, 2.45) is 5.73 Å². The third kappa shape index (κ3) is 3.30. The van der Waals surface area contributed by atoms with Crippen LogP contribution in [0.3, 0.4) is 0 Å². The number of primary amides is 1. The van der Waals surface area contributed by atoms with E-state index in [9.17, 15) is 9.59 Å². The van der Waals surface area contributed by atoms with Crippen molar-refractivity contribution < 1.29 is 9.59 Å². The van der Waals surface area contributed by atoms with Gasteiger partial charge in [-0.15, -0.1) is 11.3 Å². The van der Waals surface area contributed by atoms with E-state index >= 15 is 0 Å². The van der Waals surface area contributed by atoms with E-state index < -0.39 is 5.91 Å². The number of carbonyl (C=O) groups is 2. The summed E-state index contributed by atoms with van der Waals surface area (Å²) < 4.78 is 2.67. The molecule has 0 aliphatic carbocycles. The molecule has 0 saturated carbocycles. The highest BCUT2D eigenvalue weighted by Crippen LogP contribution is 2.26. The summed E-state index contributed by atoms with van der Waals surface area (Å²) in [5.41, 5.74) is 8.79. The molecular weight excluding hydrogens is 334 g/mol. The fraction of sp³-hybridized carbons (Fsp3) is 0.263. The van der Waals surface area contributed by atoms with Gasteiger partial charge in [0.2, 0.25) is 5.91 Å². The molecule has 0 bridgehead atoms. The first-order valence-electron chi connectivity index (χ1n) is 8.31. The van der Waals surface area contributed by atoms with E-state index in [0.717, 1.165) is 22.3 Å². The molecule has 2 N–H and O–H groups in total. The summed E-state index contributed by atoms with van der Waals surface area (Å²) in [6.07, 6.45) is 0.915. The normalized spacial score (nSPS) is 11.0. The molecule has 2 aromatic heterocycles. The van der Waals surface area contributed by atoms with Crippen molar-refractivity contribution in [1.29, 1.82) is 0 Å². The van der Waals surface area contributed by atoms with Crippen molar-refractivity contribution >= 4 is 39.1 Å². The van der Waals surface area contributed by atoms with Crippen LogP contribution >= 0.6 is 11.3 Å². The van der Waals surface area contributed by atoms with Crippen molar-refractivity contribution in [3.05, 3.63) is 53.0 Å². The van der Waals surface area contributed by atoms with E-state index in [4.69, 9.17) is 5.73 Å². The highest BCUT2D eigenvalue weighted by molar-refractivity contribution is 7.17. The molecule has 0 spiro atoms. The lowest BCUT2D eigenvalue weighted by Crippen LogP contribution is -2.34. The summed E-state index contributed by atoms with van der Waals surface area (Å²) in [6, 6.07) is 11.6. The summed E-state index contributed by atoms with van der Waals surface area (Å²) >= 11 is 1.53. The molecule has 2 heterocycles. The van der Waals surface area contributed by atoms with Gasteiger partial charge in [-0.1, -0.05) is 19.1 Å². The molecular formula is C19H21N3O2S. The maximum Gasteiger partial charge on any atom is 0.265 e. The van der Waals surface area contributed by atoms with Gasteiger partial charge in [-0.3, -0.25) is 9.59 Å². The molecule has 1 aromatic carbocycles. The standard InChI is InChI=1S/C19H21N3O2S/c1-3-13-6-5-7-14(10-13)21(4-2)18(23)12-22-15-8-9-25-17(15)11-16(22)19(20)24/h5-11H,3-4,12H2,1-2H3,(H2,20,24). The predicted molar refractivity (Wildman–Crippen MR) is 102 cm³/mol. The second-order valence-electron chi connectivity index (χ2n) is 5.81. The maximum atomic E-state index is 12.9. The molecule has 0 fully saturated rings. The Morgan fingerprint density at radius 1 is 1.20 bits per heavy atom. The van der Waals surface area contributed by atoms with Gasteiger partial charge >= 0.3 is 0 Å². The molecule has 6 heteroatoms. The van der Waals surface area contributed by atoms with Crippen LogP contribution in [-0.2, 0) is 17.8 Å². The summed E-state index contributed by atoms with van der Waals surface area (Å²) in [4.78, 5) is 26.4. The number of anilines is 1. The zero-order valence-corrected chi connectivity index (χ0v) is 15.2. The van der Waals surface area contributed by atoms with E-state index in [1.54, 1.807) is 15.5 Å². The van der Waals surface area contributed by atoms with Crippen molar-refractivity contribution in [2.75, 3.05) is 11.4 Å². The van der Waals surface area contributed by atoms with Gasteiger partial charge < -0.3 is 15.2 Å². The Labute approximate surface area is 150 Å². The Balaban J connectivity index is 1.93. The fourth-order valence-electron chi connectivity index (χ4n) is 3.02. The van der Waals surface area contributed by atoms with E-state index in [1.807, 2.05) is 42.6 Å². The zero-order chi connectivity index (χ0) is 18.0. The summed E-state index contributed by atoms with van der Waals surface area (Å²) in [5, 5.41) is 1.94. The minimum atomic E-state index is -0.521. The SMILES string of the molecule is CCc1cccc(N(CC)C(=O)Cn2c(C(N)=O)cc3sccc32)c1. The number of thiophene rings is 1. The van der Waals surface area contributed by atoms with Crippen LogP contribution in [0.1, 0.15) is 29.9 Å². The van der Waals surface area contributed by atoms with E-state index in [-0.39, 0.29) is 12.5 Å². The van der Waals surface area contributed by atoms with E-state index in [1.165, 1.54) is 16.9 Å². The minimum Gasteiger partial charge on any atom is -0.364 e. The molecule has 0 atom stereocenters. The van der Waals surface area contributed by atoms with Gasteiger partial charge in [0, 0.05) is 12.2 Å². The highest BCUT2D eigenvalue weighted by Gasteiger charge is 2.20. The molecule has 5 nitrogen and oxygen atoms in total. The number of likely N-dealkylation sites (N-methyl/N-ethyl adjacent to an activating group) is 1. The monoisotopic (exact) mass is 355 g/mol.